The van der Waals surface area contributed by atoms with Crippen molar-refractivity contribution in [3.8, 4) is 0 Å². The molecular formula is C36H50F2N2O6. The Kier molecular flexibility index (Phi) is 16.7. The van der Waals surface area contributed by atoms with Gasteiger partial charge in [0.05, 0.1) is 19.3 Å². The normalized spacial score (nSPS) is 13.5. The van der Waals surface area contributed by atoms with E-state index in [1.165, 1.54) is 0 Å². The summed E-state index contributed by atoms with van der Waals surface area (Å²) in [6.07, 6.45) is 1.26. The summed E-state index contributed by atoms with van der Waals surface area (Å²) in [6.45, 7) is 7.79. The largest absolute Gasteiger partial charge is 0.383 e. The van der Waals surface area contributed by atoms with Gasteiger partial charge in [0, 0.05) is 38.1 Å². The van der Waals surface area contributed by atoms with Crippen LogP contribution in [0.25, 0.3) is 0 Å². The molecule has 0 fully saturated rings. The lowest BCUT2D eigenvalue weighted by molar-refractivity contribution is -0.132. The molecule has 46 heavy (non-hydrogen) atoms. The molecule has 0 aromatic heterocycles. The molecule has 0 aliphatic rings. The maximum Gasteiger partial charge on any atom is 0.220 e. The summed E-state index contributed by atoms with van der Waals surface area (Å²) in [7, 11) is 0. The third-order valence-corrected chi connectivity index (χ3v) is 7.86. The van der Waals surface area contributed by atoms with Gasteiger partial charge in [0.2, 0.25) is 11.8 Å². The number of rotatable bonds is 22. The number of aliphatic hydroxyl groups is 1. The maximum atomic E-state index is 14.3. The third kappa shape index (κ3) is 14.7. The number of Topliss-reactive ketones (excluding diaryl/α,β-unsaturated/α-hetero) is 2. The molecular weight excluding hydrogens is 594 g/mol. The Labute approximate surface area is 271 Å². The van der Waals surface area contributed by atoms with E-state index in [0.29, 0.717) is 25.7 Å². The minimum Gasteiger partial charge on any atom is -0.383 e. The van der Waals surface area contributed by atoms with E-state index in [1.807, 2.05) is 58.0 Å². The minimum atomic E-state index is -1.45. The summed E-state index contributed by atoms with van der Waals surface area (Å²) >= 11 is 0. The summed E-state index contributed by atoms with van der Waals surface area (Å²) in [5, 5.41) is 16.4. The Morgan fingerprint density at radius 2 is 1.50 bits per heavy atom. The molecule has 10 heteroatoms. The molecule has 0 saturated heterocycles. The molecule has 254 valence electrons. The number of aliphatic hydroxyl groups excluding tert-OH is 1. The molecule has 0 spiro atoms. The van der Waals surface area contributed by atoms with E-state index in [2.05, 4.69) is 10.6 Å². The average molecular weight is 645 g/mol. The van der Waals surface area contributed by atoms with Crippen LogP contribution in [0.4, 0.5) is 8.78 Å². The van der Waals surface area contributed by atoms with E-state index < -0.39 is 41.0 Å². The van der Waals surface area contributed by atoms with Gasteiger partial charge in [-0.05, 0) is 66.8 Å². The van der Waals surface area contributed by atoms with Crippen molar-refractivity contribution in [1.29, 1.82) is 0 Å². The lowest BCUT2D eigenvalue weighted by atomic mass is 9.81. The zero-order chi connectivity index (χ0) is 34.1. The highest BCUT2D eigenvalue weighted by Crippen LogP contribution is 2.29. The number of nitrogens with one attached hydrogen (secondary N) is 2. The van der Waals surface area contributed by atoms with Gasteiger partial charge < -0.3 is 20.5 Å². The van der Waals surface area contributed by atoms with Gasteiger partial charge in [-0.3, -0.25) is 19.2 Å². The van der Waals surface area contributed by atoms with Crippen LogP contribution in [0.15, 0.2) is 48.5 Å². The van der Waals surface area contributed by atoms with Crippen molar-refractivity contribution < 1.29 is 37.8 Å². The standard InChI is InChI=1S/C36H50F2N2O6/c1-5-10-33(43)39-28(21-26-20-27(37)14-15-30(26)38)22-29(41)16-18-36(3,4)19-17-32(42)35(45)31(40-34(44)11-6-2)24-46-23-25-12-8-7-9-13-25/h7-9,12-15,20,28,31,35,45H,5-6,10-11,16-19,21-24H2,1-4H3,(H,39,43)(H,40,44)/t28?,31-,35+/m1/s1. The number of amides is 2. The fourth-order valence-corrected chi connectivity index (χ4v) is 5.08. The molecule has 3 atom stereocenters. The third-order valence-electron chi connectivity index (χ3n) is 7.86. The number of carbonyl (C=O) groups excluding carboxylic acids is 4. The quantitative estimate of drug-likeness (QED) is 0.150. The lowest BCUT2D eigenvalue weighted by Gasteiger charge is -2.27. The van der Waals surface area contributed by atoms with Crippen LogP contribution in [0.5, 0.6) is 0 Å². The predicted octanol–water partition coefficient (Wildman–Crippen LogP) is 5.77. The van der Waals surface area contributed by atoms with Crippen LogP contribution in [0.1, 0.15) is 96.6 Å². The van der Waals surface area contributed by atoms with Gasteiger partial charge in [-0.1, -0.05) is 58.0 Å². The van der Waals surface area contributed by atoms with Gasteiger partial charge in [0.25, 0.3) is 0 Å². The highest BCUT2D eigenvalue weighted by molar-refractivity contribution is 5.85. The van der Waals surface area contributed by atoms with Crippen LogP contribution in [0.2, 0.25) is 0 Å². The second-order valence-electron chi connectivity index (χ2n) is 12.7. The van der Waals surface area contributed by atoms with Gasteiger partial charge >= 0.3 is 0 Å². The molecule has 0 heterocycles. The molecule has 2 aromatic carbocycles. The summed E-state index contributed by atoms with van der Waals surface area (Å²) in [6, 6.07) is 11.0. The van der Waals surface area contributed by atoms with Crippen LogP contribution in [-0.4, -0.2) is 53.3 Å². The fraction of sp³-hybridized carbons (Fsp3) is 0.556. The van der Waals surface area contributed by atoms with E-state index in [4.69, 9.17) is 4.74 Å². The molecule has 2 amide bonds. The van der Waals surface area contributed by atoms with Gasteiger partial charge in [-0.2, -0.15) is 0 Å². The Morgan fingerprint density at radius 3 is 2.15 bits per heavy atom. The maximum absolute atomic E-state index is 14.3. The molecule has 0 radical (unpaired) electrons. The number of ketones is 2. The van der Waals surface area contributed by atoms with E-state index in [-0.39, 0.29) is 74.9 Å². The Hall–Kier alpha value is -3.50. The van der Waals surface area contributed by atoms with E-state index in [0.717, 1.165) is 23.8 Å². The van der Waals surface area contributed by atoms with Crippen molar-refractivity contribution >= 4 is 23.4 Å². The monoisotopic (exact) mass is 644 g/mol. The zero-order valence-corrected chi connectivity index (χ0v) is 27.6. The summed E-state index contributed by atoms with van der Waals surface area (Å²) in [4.78, 5) is 50.6. The molecule has 0 aliphatic heterocycles. The SMILES string of the molecule is CCCC(=O)NC(CC(=O)CCC(C)(C)CCC(=O)[C@@H](O)[C@@H](COCc1ccccc1)NC(=O)CCC)Cc1cc(F)ccc1F. The van der Waals surface area contributed by atoms with Gasteiger partial charge in [-0.25, -0.2) is 8.78 Å². The van der Waals surface area contributed by atoms with Crippen LogP contribution >= 0.6 is 0 Å². The predicted molar refractivity (Wildman–Crippen MR) is 173 cm³/mol. The summed E-state index contributed by atoms with van der Waals surface area (Å²) in [5.74, 6) is -2.31. The highest BCUT2D eigenvalue weighted by atomic mass is 19.1. The van der Waals surface area contributed by atoms with Crippen molar-refractivity contribution in [3.05, 3.63) is 71.3 Å². The first-order chi connectivity index (χ1) is 21.8. The first kappa shape index (κ1) is 38.7. The van der Waals surface area contributed by atoms with Crippen molar-refractivity contribution in [2.45, 2.75) is 117 Å². The van der Waals surface area contributed by atoms with Crippen molar-refractivity contribution in [1.82, 2.24) is 10.6 Å². The highest BCUT2D eigenvalue weighted by Gasteiger charge is 2.30. The molecule has 8 nitrogen and oxygen atoms in total. The van der Waals surface area contributed by atoms with Crippen molar-refractivity contribution in [2.24, 2.45) is 5.41 Å². The fourth-order valence-electron chi connectivity index (χ4n) is 5.08. The van der Waals surface area contributed by atoms with E-state index in [1.54, 1.807) is 0 Å². The number of carbonyl (C=O) groups is 4. The van der Waals surface area contributed by atoms with Crippen LogP contribution in [0, 0.1) is 17.0 Å². The number of hydrogen-bond donors (Lipinski definition) is 3. The van der Waals surface area contributed by atoms with Gasteiger partial charge in [0.15, 0.2) is 5.78 Å². The lowest BCUT2D eigenvalue weighted by Crippen LogP contribution is -2.49. The second-order valence-corrected chi connectivity index (χ2v) is 12.7. The number of hydrogen-bond acceptors (Lipinski definition) is 6. The first-order valence-corrected chi connectivity index (χ1v) is 16.2. The molecule has 2 rings (SSSR count). The molecule has 2 aromatic rings. The van der Waals surface area contributed by atoms with Crippen LogP contribution in [0.3, 0.4) is 0 Å². The van der Waals surface area contributed by atoms with Crippen molar-refractivity contribution in [2.75, 3.05) is 6.61 Å². The Morgan fingerprint density at radius 1 is 0.870 bits per heavy atom. The zero-order valence-electron chi connectivity index (χ0n) is 27.6. The Bertz CT molecular complexity index is 1270. The topological polar surface area (TPSA) is 122 Å². The van der Waals surface area contributed by atoms with E-state index >= 15 is 0 Å². The second kappa shape index (κ2) is 19.9. The first-order valence-electron chi connectivity index (χ1n) is 16.2. The summed E-state index contributed by atoms with van der Waals surface area (Å²) < 4.78 is 33.8. The number of halogens is 2. The molecule has 3 N–H and O–H groups in total. The molecule has 0 bridgehead atoms. The average Bonchev–Trinajstić information content (AvgIpc) is 3.00. The number of ether oxygens (including phenoxy) is 1. The minimum absolute atomic E-state index is 0.0222. The van der Waals surface area contributed by atoms with Crippen molar-refractivity contribution in [3.63, 3.8) is 0 Å². The van der Waals surface area contributed by atoms with Gasteiger partial charge in [-0.15, -0.1) is 0 Å². The van der Waals surface area contributed by atoms with E-state index in [9.17, 15) is 33.1 Å². The summed E-state index contributed by atoms with van der Waals surface area (Å²) in [5.41, 5.74) is 0.571. The van der Waals surface area contributed by atoms with Crippen LogP contribution < -0.4 is 10.6 Å². The molecule has 0 aliphatic carbocycles. The molecule has 0 saturated carbocycles. The van der Waals surface area contributed by atoms with Gasteiger partial charge in [0.1, 0.15) is 23.5 Å². The Balaban J connectivity index is 1.94. The smallest absolute Gasteiger partial charge is 0.220 e. The number of benzene rings is 2. The van der Waals surface area contributed by atoms with Crippen LogP contribution in [-0.2, 0) is 36.9 Å². The molecule has 1 unspecified atom stereocenters.